The van der Waals surface area contributed by atoms with E-state index in [0.717, 1.165) is 43.9 Å². The summed E-state index contributed by atoms with van der Waals surface area (Å²) in [4.78, 5) is 7.07. The molecule has 2 aromatic rings. The number of hydrogen-bond donors (Lipinski definition) is 1. The van der Waals surface area contributed by atoms with Crippen LogP contribution in [-0.4, -0.2) is 54.0 Å². The highest BCUT2D eigenvalue weighted by Gasteiger charge is 2.15. The van der Waals surface area contributed by atoms with Gasteiger partial charge >= 0.3 is 0 Å². The molecule has 0 radical (unpaired) electrons. The molecule has 1 saturated heterocycles. The minimum atomic E-state index is 0. The van der Waals surface area contributed by atoms with Crippen LogP contribution < -0.4 is 5.32 Å². The largest absolute Gasteiger partial charge is 0.381 e. The first-order chi connectivity index (χ1) is 13.3. The Labute approximate surface area is 185 Å². The van der Waals surface area contributed by atoms with Crippen LogP contribution in [0.4, 0.5) is 0 Å². The lowest BCUT2D eigenvalue weighted by molar-refractivity contribution is 0.0625. The SMILES string of the molecule is CCNC(=NCc1ccc(-n2cccn2)cc1)N(C)CCC1CCOCC1.I. The molecular formula is C21H32IN5O. The molecule has 0 atom stereocenters. The van der Waals surface area contributed by atoms with Crippen LogP contribution in [0.5, 0.6) is 0 Å². The summed E-state index contributed by atoms with van der Waals surface area (Å²) in [7, 11) is 2.13. The fourth-order valence-electron chi connectivity index (χ4n) is 3.33. The van der Waals surface area contributed by atoms with Crippen molar-refractivity contribution in [3.05, 3.63) is 48.3 Å². The summed E-state index contributed by atoms with van der Waals surface area (Å²) in [6.45, 7) is 6.51. The summed E-state index contributed by atoms with van der Waals surface area (Å²) in [5, 5.41) is 7.67. The molecule has 3 rings (SSSR count). The third kappa shape index (κ3) is 6.77. The highest BCUT2D eigenvalue weighted by atomic mass is 127. The van der Waals surface area contributed by atoms with Gasteiger partial charge in [0.15, 0.2) is 5.96 Å². The van der Waals surface area contributed by atoms with Gasteiger partial charge < -0.3 is 15.0 Å². The number of ether oxygens (including phenoxy) is 1. The van der Waals surface area contributed by atoms with Gasteiger partial charge in [-0.05, 0) is 55.9 Å². The zero-order valence-electron chi connectivity index (χ0n) is 16.9. The van der Waals surface area contributed by atoms with Gasteiger partial charge in [0.25, 0.3) is 0 Å². The van der Waals surface area contributed by atoms with Crippen LogP contribution in [0, 0.1) is 5.92 Å². The van der Waals surface area contributed by atoms with E-state index in [-0.39, 0.29) is 24.0 Å². The van der Waals surface area contributed by atoms with E-state index in [4.69, 9.17) is 9.73 Å². The summed E-state index contributed by atoms with van der Waals surface area (Å²) in [6, 6.07) is 10.3. The van der Waals surface area contributed by atoms with E-state index in [0.29, 0.717) is 6.54 Å². The Kier molecular flexibility index (Phi) is 9.77. The molecule has 0 bridgehead atoms. The minimum Gasteiger partial charge on any atom is -0.381 e. The summed E-state index contributed by atoms with van der Waals surface area (Å²) < 4.78 is 7.32. The Morgan fingerprint density at radius 1 is 1.29 bits per heavy atom. The molecule has 154 valence electrons. The van der Waals surface area contributed by atoms with Crippen LogP contribution in [0.25, 0.3) is 5.69 Å². The summed E-state index contributed by atoms with van der Waals surface area (Å²) in [5.41, 5.74) is 2.26. The number of guanidine groups is 1. The number of rotatable bonds is 7. The monoisotopic (exact) mass is 497 g/mol. The quantitative estimate of drug-likeness (QED) is 0.360. The normalized spacial score (nSPS) is 15.1. The van der Waals surface area contributed by atoms with Gasteiger partial charge in [0, 0.05) is 45.7 Å². The molecule has 28 heavy (non-hydrogen) atoms. The molecule has 1 aliphatic rings. The Hall–Kier alpha value is -1.61. The van der Waals surface area contributed by atoms with Crippen molar-refractivity contribution in [3.63, 3.8) is 0 Å². The van der Waals surface area contributed by atoms with Gasteiger partial charge in [0.05, 0.1) is 12.2 Å². The Morgan fingerprint density at radius 2 is 2.04 bits per heavy atom. The summed E-state index contributed by atoms with van der Waals surface area (Å²) >= 11 is 0. The molecule has 0 unspecified atom stereocenters. The molecule has 0 aliphatic carbocycles. The topological polar surface area (TPSA) is 54.7 Å². The van der Waals surface area contributed by atoms with Gasteiger partial charge in [-0.2, -0.15) is 5.10 Å². The maximum absolute atomic E-state index is 5.46. The molecule has 1 aliphatic heterocycles. The van der Waals surface area contributed by atoms with E-state index in [9.17, 15) is 0 Å². The van der Waals surface area contributed by atoms with E-state index >= 15 is 0 Å². The van der Waals surface area contributed by atoms with Crippen molar-refractivity contribution < 1.29 is 4.74 Å². The van der Waals surface area contributed by atoms with Crippen LogP contribution in [-0.2, 0) is 11.3 Å². The van der Waals surface area contributed by atoms with E-state index in [2.05, 4.69) is 53.6 Å². The van der Waals surface area contributed by atoms with Crippen LogP contribution in [0.2, 0.25) is 0 Å². The first kappa shape index (κ1) is 22.7. The number of aromatic nitrogens is 2. The zero-order chi connectivity index (χ0) is 18.9. The van der Waals surface area contributed by atoms with Crippen molar-refractivity contribution in [2.45, 2.75) is 32.7 Å². The maximum Gasteiger partial charge on any atom is 0.193 e. The number of hydrogen-bond acceptors (Lipinski definition) is 3. The first-order valence-corrected chi connectivity index (χ1v) is 9.92. The average molecular weight is 497 g/mol. The van der Waals surface area contributed by atoms with Crippen molar-refractivity contribution in [2.75, 3.05) is 33.4 Å². The smallest absolute Gasteiger partial charge is 0.193 e. The highest BCUT2D eigenvalue weighted by Crippen LogP contribution is 2.18. The van der Waals surface area contributed by atoms with Crippen LogP contribution in [0.15, 0.2) is 47.7 Å². The van der Waals surface area contributed by atoms with Gasteiger partial charge in [-0.3, -0.25) is 0 Å². The lowest BCUT2D eigenvalue weighted by Gasteiger charge is -2.26. The molecule has 1 aromatic carbocycles. The summed E-state index contributed by atoms with van der Waals surface area (Å²) in [5.74, 6) is 1.75. The molecule has 1 N–H and O–H groups in total. The van der Waals surface area contributed by atoms with Gasteiger partial charge in [-0.1, -0.05) is 12.1 Å². The molecule has 6 nitrogen and oxygen atoms in total. The van der Waals surface area contributed by atoms with E-state index < -0.39 is 0 Å². The van der Waals surface area contributed by atoms with Crippen molar-refractivity contribution in [2.24, 2.45) is 10.9 Å². The van der Waals surface area contributed by atoms with Crippen LogP contribution in [0.1, 0.15) is 31.7 Å². The molecule has 7 heteroatoms. The van der Waals surface area contributed by atoms with Crippen molar-refractivity contribution in [1.29, 1.82) is 0 Å². The Morgan fingerprint density at radius 3 is 2.68 bits per heavy atom. The minimum absolute atomic E-state index is 0. The molecule has 1 fully saturated rings. The number of nitrogens with one attached hydrogen (secondary N) is 1. The van der Waals surface area contributed by atoms with Gasteiger partial charge in [0.1, 0.15) is 0 Å². The predicted molar refractivity (Wildman–Crippen MR) is 125 cm³/mol. The fourth-order valence-corrected chi connectivity index (χ4v) is 3.33. The second-order valence-corrected chi connectivity index (χ2v) is 7.05. The number of aliphatic imine (C=N–C) groups is 1. The molecule has 1 aromatic heterocycles. The average Bonchev–Trinajstić information content (AvgIpc) is 3.25. The van der Waals surface area contributed by atoms with Crippen LogP contribution in [0.3, 0.4) is 0 Å². The Balaban J connectivity index is 0.00000280. The zero-order valence-corrected chi connectivity index (χ0v) is 19.2. The van der Waals surface area contributed by atoms with E-state index in [1.807, 2.05) is 16.9 Å². The van der Waals surface area contributed by atoms with Crippen molar-refractivity contribution >= 4 is 29.9 Å². The molecule has 0 spiro atoms. The van der Waals surface area contributed by atoms with E-state index in [1.165, 1.54) is 24.8 Å². The lowest BCUT2D eigenvalue weighted by Crippen LogP contribution is -2.40. The second-order valence-electron chi connectivity index (χ2n) is 7.05. The first-order valence-electron chi connectivity index (χ1n) is 9.92. The number of benzene rings is 1. The standard InChI is InChI=1S/C21H31N5O.HI/c1-3-22-21(25(2)14-9-18-10-15-27-16-11-18)23-17-19-5-7-20(8-6-19)26-13-4-12-24-26;/h4-8,12-13,18H,3,9-11,14-17H2,1-2H3,(H,22,23);1H. The third-order valence-corrected chi connectivity index (χ3v) is 5.03. The Bertz CT molecular complexity index is 696. The highest BCUT2D eigenvalue weighted by molar-refractivity contribution is 14.0. The molecule has 2 heterocycles. The molecule has 0 amide bonds. The summed E-state index contributed by atoms with van der Waals surface area (Å²) in [6.07, 6.45) is 7.30. The van der Waals surface area contributed by atoms with Crippen LogP contribution >= 0.6 is 24.0 Å². The molecule has 0 saturated carbocycles. The number of halogens is 1. The van der Waals surface area contributed by atoms with Gasteiger partial charge in [-0.15, -0.1) is 24.0 Å². The maximum atomic E-state index is 5.46. The van der Waals surface area contributed by atoms with E-state index in [1.54, 1.807) is 6.20 Å². The predicted octanol–water partition coefficient (Wildman–Crippen LogP) is 3.70. The fraction of sp³-hybridized carbons (Fsp3) is 0.524. The number of nitrogens with zero attached hydrogens (tertiary/aromatic N) is 4. The third-order valence-electron chi connectivity index (χ3n) is 5.03. The van der Waals surface area contributed by atoms with Gasteiger partial charge in [0.2, 0.25) is 0 Å². The molecular weight excluding hydrogens is 465 g/mol. The van der Waals surface area contributed by atoms with Crippen molar-refractivity contribution in [3.8, 4) is 5.69 Å². The second kappa shape index (κ2) is 12.1. The lowest BCUT2D eigenvalue weighted by atomic mass is 9.96. The van der Waals surface area contributed by atoms with Gasteiger partial charge in [-0.25, -0.2) is 9.67 Å². The van der Waals surface area contributed by atoms with Crippen molar-refractivity contribution in [1.82, 2.24) is 20.0 Å².